The number of aryl methyl sites for hydroxylation is 2. The lowest BCUT2D eigenvalue weighted by Gasteiger charge is -2.06. The highest BCUT2D eigenvalue weighted by molar-refractivity contribution is 7.15. The van der Waals surface area contributed by atoms with E-state index in [0.717, 1.165) is 29.1 Å². The molecule has 0 N–H and O–H groups in total. The highest BCUT2D eigenvalue weighted by atomic mass is 32.1. The molecule has 1 aliphatic carbocycles. The predicted molar refractivity (Wildman–Crippen MR) is 69.6 cm³/mol. The Kier molecular flexibility index (Phi) is 2.56. The molecule has 0 saturated heterocycles. The smallest absolute Gasteiger partial charge is 0.182 e. The Morgan fingerprint density at radius 2 is 2.06 bits per heavy atom. The third-order valence-electron chi connectivity index (χ3n) is 3.14. The second-order valence-electron chi connectivity index (χ2n) is 4.38. The molecular weight excluding hydrogens is 230 g/mol. The molecule has 0 aliphatic heterocycles. The van der Waals surface area contributed by atoms with Crippen LogP contribution in [0.4, 0.5) is 0 Å². The Morgan fingerprint density at radius 3 is 2.82 bits per heavy atom. The lowest BCUT2D eigenvalue weighted by Crippen LogP contribution is -2.08. The van der Waals surface area contributed by atoms with E-state index in [4.69, 9.17) is 0 Å². The van der Waals surface area contributed by atoms with E-state index in [2.05, 4.69) is 24.0 Å². The Labute approximate surface area is 104 Å². The summed E-state index contributed by atoms with van der Waals surface area (Å²) in [6, 6.07) is 8.20. The van der Waals surface area contributed by atoms with E-state index < -0.39 is 0 Å². The van der Waals surface area contributed by atoms with E-state index in [9.17, 15) is 4.79 Å². The van der Waals surface area contributed by atoms with E-state index in [1.807, 2.05) is 12.1 Å². The first-order valence-electron chi connectivity index (χ1n) is 5.84. The van der Waals surface area contributed by atoms with Gasteiger partial charge in [0.1, 0.15) is 10.7 Å². The van der Waals surface area contributed by atoms with Gasteiger partial charge in [0, 0.05) is 16.9 Å². The van der Waals surface area contributed by atoms with Gasteiger partial charge in [0.15, 0.2) is 5.78 Å². The van der Waals surface area contributed by atoms with Gasteiger partial charge in [-0.1, -0.05) is 24.3 Å². The molecule has 0 unspecified atom stereocenters. The van der Waals surface area contributed by atoms with Crippen molar-refractivity contribution in [2.24, 2.45) is 0 Å². The first-order valence-corrected chi connectivity index (χ1v) is 6.66. The summed E-state index contributed by atoms with van der Waals surface area (Å²) in [6.45, 7) is 2.08. The van der Waals surface area contributed by atoms with Crippen LogP contribution in [0.1, 0.15) is 33.8 Å². The summed E-state index contributed by atoms with van der Waals surface area (Å²) in [4.78, 5) is 17.5. The molecule has 3 heteroatoms. The number of benzene rings is 1. The van der Waals surface area contributed by atoms with Crippen molar-refractivity contribution in [2.45, 2.75) is 26.2 Å². The molecule has 1 heterocycles. The van der Waals surface area contributed by atoms with Crippen molar-refractivity contribution in [3.05, 3.63) is 40.4 Å². The number of Topliss-reactive ketones (excluding diaryl/α,β-unsaturated/α-hetero) is 1. The molecule has 0 atom stereocenters. The molecule has 86 valence electrons. The number of rotatable bonds is 1. The lowest BCUT2D eigenvalue weighted by atomic mass is 10.0. The number of fused-ring (bicyclic) bond motifs is 1. The van der Waals surface area contributed by atoms with Crippen molar-refractivity contribution in [1.29, 1.82) is 0 Å². The number of aromatic nitrogens is 1. The van der Waals surface area contributed by atoms with Gasteiger partial charge in [-0.3, -0.25) is 4.79 Å². The number of carbonyl (C=O) groups excluding carboxylic acids is 1. The van der Waals surface area contributed by atoms with Crippen LogP contribution in [0.3, 0.4) is 0 Å². The van der Waals surface area contributed by atoms with Crippen LogP contribution in [0.5, 0.6) is 0 Å². The normalized spacial score (nSPS) is 14.8. The third-order valence-corrected chi connectivity index (χ3v) is 4.29. The minimum absolute atomic E-state index is 0.210. The second-order valence-corrected chi connectivity index (χ2v) is 5.47. The van der Waals surface area contributed by atoms with Gasteiger partial charge < -0.3 is 0 Å². The molecule has 0 radical (unpaired) electrons. The first-order chi connectivity index (χ1) is 8.25. The van der Waals surface area contributed by atoms with Crippen molar-refractivity contribution >= 4 is 17.1 Å². The van der Waals surface area contributed by atoms with Crippen LogP contribution in [0.2, 0.25) is 0 Å². The van der Waals surface area contributed by atoms with Gasteiger partial charge >= 0.3 is 0 Å². The number of nitrogens with zero attached hydrogens (tertiary/aromatic N) is 1. The number of thiazole rings is 1. The summed E-state index contributed by atoms with van der Waals surface area (Å²) in [5.41, 5.74) is 3.09. The zero-order chi connectivity index (χ0) is 11.8. The van der Waals surface area contributed by atoms with E-state index in [-0.39, 0.29) is 5.78 Å². The lowest BCUT2D eigenvalue weighted by molar-refractivity contribution is 0.0968. The van der Waals surface area contributed by atoms with Gasteiger partial charge in [0.2, 0.25) is 0 Å². The molecule has 1 aliphatic rings. The largest absolute Gasteiger partial charge is 0.292 e. The summed E-state index contributed by atoms with van der Waals surface area (Å²) in [6.07, 6.45) is 2.63. The van der Waals surface area contributed by atoms with Crippen LogP contribution in [-0.4, -0.2) is 10.8 Å². The van der Waals surface area contributed by atoms with Gasteiger partial charge in [-0.15, -0.1) is 11.3 Å². The molecule has 1 aromatic carbocycles. The molecule has 2 aromatic rings. The fourth-order valence-corrected chi connectivity index (χ4v) is 3.41. The standard InChI is InChI=1S/C14H13NOS/c1-9-5-2-3-6-10(9)14-15-13-11(16)7-4-8-12(13)17-14/h2-3,5-6H,4,7-8H2,1H3. The second kappa shape index (κ2) is 4.08. The highest BCUT2D eigenvalue weighted by Gasteiger charge is 2.22. The maximum absolute atomic E-state index is 11.8. The fourth-order valence-electron chi connectivity index (χ4n) is 2.20. The maximum atomic E-state index is 11.8. The topological polar surface area (TPSA) is 30.0 Å². The molecule has 0 fully saturated rings. The van der Waals surface area contributed by atoms with Gasteiger partial charge in [0.25, 0.3) is 0 Å². The predicted octanol–water partition coefficient (Wildman–Crippen LogP) is 3.64. The number of hydrogen-bond acceptors (Lipinski definition) is 3. The van der Waals surface area contributed by atoms with E-state index >= 15 is 0 Å². The maximum Gasteiger partial charge on any atom is 0.182 e. The summed E-state index contributed by atoms with van der Waals surface area (Å²) in [7, 11) is 0. The Hall–Kier alpha value is -1.48. The zero-order valence-corrected chi connectivity index (χ0v) is 10.5. The van der Waals surface area contributed by atoms with Crippen LogP contribution in [0.15, 0.2) is 24.3 Å². The van der Waals surface area contributed by atoms with Gasteiger partial charge in [-0.2, -0.15) is 0 Å². The minimum atomic E-state index is 0.210. The third kappa shape index (κ3) is 1.80. The summed E-state index contributed by atoms with van der Waals surface area (Å²) in [5.74, 6) is 0.210. The monoisotopic (exact) mass is 243 g/mol. The van der Waals surface area contributed by atoms with Crippen molar-refractivity contribution < 1.29 is 4.79 Å². The fraction of sp³-hybridized carbons (Fsp3) is 0.286. The molecule has 0 amide bonds. The van der Waals surface area contributed by atoms with Crippen LogP contribution < -0.4 is 0 Å². The average Bonchev–Trinajstić information content (AvgIpc) is 2.75. The van der Waals surface area contributed by atoms with Crippen LogP contribution in [0, 0.1) is 6.92 Å². The van der Waals surface area contributed by atoms with Gasteiger partial charge in [0.05, 0.1) is 0 Å². The molecule has 3 rings (SSSR count). The van der Waals surface area contributed by atoms with Crippen molar-refractivity contribution in [2.75, 3.05) is 0 Å². The van der Waals surface area contributed by atoms with Crippen LogP contribution in [0.25, 0.3) is 10.6 Å². The van der Waals surface area contributed by atoms with E-state index in [0.29, 0.717) is 6.42 Å². The quantitative estimate of drug-likeness (QED) is 0.765. The Bertz CT molecular complexity index is 586. The zero-order valence-electron chi connectivity index (χ0n) is 9.69. The van der Waals surface area contributed by atoms with E-state index in [1.165, 1.54) is 10.4 Å². The number of ketones is 1. The minimum Gasteiger partial charge on any atom is -0.292 e. The van der Waals surface area contributed by atoms with Crippen LogP contribution >= 0.6 is 11.3 Å². The molecule has 0 spiro atoms. The summed E-state index contributed by atoms with van der Waals surface area (Å²) >= 11 is 1.67. The highest BCUT2D eigenvalue weighted by Crippen LogP contribution is 2.33. The first kappa shape index (κ1) is 10.7. The van der Waals surface area contributed by atoms with Crippen molar-refractivity contribution in [1.82, 2.24) is 4.98 Å². The molecule has 2 nitrogen and oxygen atoms in total. The van der Waals surface area contributed by atoms with Gasteiger partial charge in [-0.25, -0.2) is 4.98 Å². The summed E-state index contributed by atoms with van der Waals surface area (Å²) < 4.78 is 0. The summed E-state index contributed by atoms with van der Waals surface area (Å²) in [5, 5.41) is 0.989. The molecule has 0 saturated carbocycles. The molecule has 17 heavy (non-hydrogen) atoms. The Morgan fingerprint density at radius 1 is 1.24 bits per heavy atom. The van der Waals surface area contributed by atoms with Crippen molar-refractivity contribution in [3.8, 4) is 10.6 Å². The van der Waals surface area contributed by atoms with Crippen LogP contribution in [-0.2, 0) is 6.42 Å². The average molecular weight is 243 g/mol. The number of carbonyl (C=O) groups is 1. The van der Waals surface area contributed by atoms with E-state index in [1.54, 1.807) is 11.3 Å². The molecular formula is C14H13NOS. The Balaban J connectivity index is 2.11. The number of hydrogen-bond donors (Lipinski definition) is 0. The molecule has 1 aromatic heterocycles. The van der Waals surface area contributed by atoms with Crippen molar-refractivity contribution in [3.63, 3.8) is 0 Å². The SMILES string of the molecule is Cc1ccccc1-c1nc2c(s1)CCCC2=O. The van der Waals surface area contributed by atoms with Gasteiger partial charge in [-0.05, 0) is 25.3 Å². The molecule has 0 bridgehead atoms.